The summed E-state index contributed by atoms with van der Waals surface area (Å²) in [4.78, 5) is 14.7. The molecule has 0 radical (unpaired) electrons. The van der Waals surface area contributed by atoms with Gasteiger partial charge in [-0.3, -0.25) is 0 Å². The fraction of sp³-hybridized carbons (Fsp3) is 0.706. The van der Waals surface area contributed by atoms with Crippen molar-refractivity contribution in [2.75, 3.05) is 56.3 Å². The van der Waals surface area contributed by atoms with E-state index in [1.54, 1.807) is 13.4 Å². The summed E-state index contributed by atoms with van der Waals surface area (Å²) in [5.74, 6) is 2.32. The Kier molecular flexibility index (Phi) is 5.93. The molecule has 1 N–H and O–H groups in total. The van der Waals surface area contributed by atoms with Gasteiger partial charge in [-0.05, 0) is 18.1 Å². The molecule has 1 atom stereocenters. The molecule has 2 saturated heterocycles. The van der Waals surface area contributed by atoms with E-state index < -0.39 is 0 Å². The largest absolute Gasteiger partial charge is 0.393 e. The molecule has 0 spiro atoms. The van der Waals surface area contributed by atoms with E-state index in [0.717, 1.165) is 44.1 Å². The molecule has 2 aliphatic rings. The average molecular weight is 390 g/mol. The number of tetrazole rings is 1. The van der Waals surface area contributed by atoms with Gasteiger partial charge in [0.2, 0.25) is 5.82 Å². The summed E-state index contributed by atoms with van der Waals surface area (Å²) in [5, 5.41) is 22.3. The molecule has 2 aromatic rings. The molecule has 0 aliphatic carbocycles. The number of hydrogen-bond acceptors (Lipinski definition) is 10. The first-order chi connectivity index (χ1) is 13.7. The van der Waals surface area contributed by atoms with E-state index in [1.165, 1.54) is 4.80 Å². The molecule has 2 aliphatic heterocycles. The maximum atomic E-state index is 9.71. The summed E-state index contributed by atoms with van der Waals surface area (Å²) in [5.41, 5.74) is 0. The zero-order valence-corrected chi connectivity index (χ0v) is 16.0. The number of nitrogens with zero attached hydrogens (tertiary/aromatic N) is 8. The molecular formula is C17H26N8O3. The summed E-state index contributed by atoms with van der Waals surface area (Å²) >= 11 is 0. The number of rotatable bonds is 6. The van der Waals surface area contributed by atoms with E-state index in [2.05, 4.69) is 35.2 Å². The maximum Gasteiger partial charge on any atom is 0.205 e. The highest BCUT2D eigenvalue weighted by molar-refractivity contribution is 5.50. The first kappa shape index (κ1) is 19.0. The maximum absolute atomic E-state index is 9.71. The van der Waals surface area contributed by atoms with Crippen LogP contribution < -0.4 is 9.80 Å². The van der Waals surface area contributed by atoms with Crippen LogP contribution in [0.4, 0.5) is 11.6 Å². The van der Waals surface area contributed by atoms with Crippen molar-refractivity contribution in [3.05, 3.63) is 18.2 Å². The Morgan fingerprint density at radius 1 is 1.18 bits per heavy atom. The zero-order valence-electron chi connectivity index (χ0n) is 16.0. The number of anilines is 2. The van der Waals surface area contributed by atoms with E-state index in [0.29, 0.717) is 32.1 Å². The number of ether oxygens (including phenoxy) is 2. The van der Waals surface area contributed by atoms with Crippen LogP contribution in [0.25, 0.3) is 0 Å². The number of methoxy groups -OCH3 is 1. The van der Waals surface area contributed by atoms with Crippen LogP contribution >= 0.6 is 0 Å². The van der Waals surface area contributed by atoms with E-state index in [-0.39, 0.29) is 12.2 Å². The van der Waals surface area contributed by atoms with Crippen molar-refractivity contribution in [3.63, 3.8) is 0 Å². The highest BCUT2D eigenvalue weighted by Gasteiger charge is 2.27. The van der Waals surface area contributed by atoms with Gasteiger partial charge in [-0.15, -0.1) is 10.2 Å². The first-order valence-electron chi connectivity index (χ1n) is 9.61. The van der Waals surface area contributed by atoms with Crippen molar-refractivity contribution in [2.45, 2.75) is 31.6 Å². The Bertz CT molecular complexity index is 764. The van der Waals surface area contributed by atoms with E-state index in [9.17, 15) is 5.11 Å². The van der Waals surface area contributed by atoms with Gasteiger partial charge in [-0.2, -0.15) is 4.80 Å². The second-order valence-electron chi connectivity index (χ2n) is 6.99. The molecule has 152 valence electrons. The van der Waals surface area contributed by atoms with Crippen molar-refractivity contribution in [1.29, 1.82) is 0 Å². The number of hydrogen-bond donors (Lipinski definition) is 1. The molecule has 0 amide bonds. The van der Waals surface area contributed by atoms with Crippen LogP contribution in [0.2, 0.25) is 0 Å². The van der Waals surface area contributed by atoms with Crippen LogP contribution in [0.5, 0.6) is 0 Å². The minimum Gasteiger partial charge on any atom is -0.393 e. The average Bonchev–Trinajstić information content (AvgIpc) is 3.22. The minimum absolute atomic E-state index is 0.206. The van der Waals surface area contributed by atoms with Gasteiger partial charge in [0.05, 0.1) is 32.4 Å². The molecule has 4 heterocycles. The Morgan fingerprint density at radius 3 is 2.75 bits per heavy atom. The Morgan fingerprint density at radius 2 is 1.96 bits per heavy atom. The molecule has 2 aromatic heterocycles. The first-order valence-corrected chi connectivity index (χ1v) is 9.61. The fourth-order valence-corrected chi connectivity index (χ4v) is 3.44. The predicted octanol–water partition coefficient (Wildman–Crippen LogP) is -0.351. The molecule has 28 heavy (non-hydrogen) atoms. The second kappa shape index (κ2) is 8.76. The van der Waals surface area contributed by atoms with Crippen LogP contribution in [0.1, 0.15) is 24.8 Å². The number of aromatic nitrogens is 6. The molecule has 0 aromatic carbocycles. The van der Waals surface area contributed by atoms with Gasteiger partial charge in [0.25, 0.3) is 0 Å². The fourth-order valence-electron chi connectivity index (χ4n) is 3.44. The monoisotopic (exact) mass is 390 g/mol. The summed E-state index contributed by atoms with van der Waals surface area (Å²) in [6.45, 7) is 4.60. The summed E-state index contributed by atoms with van der Waals surface area (Å²) in [6.07, 6.45) is 2.67. The van der Waals surface area contributed by atoms with Crippen LogP contribution in [-0.4, -0.2) is 87.9 Å². The van der Waals surface area contributed by atoms with E-state index in [4.69, 9.17) is 9.47 Å². The molecule has 11 heteroatoms. The zero-order chi connectivity index (χ0) is 19.3. The van der Waals surface area contributed by atoms with Crippen molar-refractivity contribution < 1.29 is 14.6 Å². The van der Waals surface area contributed by atoms with Gasteiger partial charge < -0.3 is 24.4 Å². The van der Waals surface area contributed by atoms with Gasteiger partial charge in [0.15, 0.2) is 0 Å². The van der Waals surface area contributed by atoms with Gasteiger partial charge in [-0.1, -0.05) is 0 Å². The van der Waals surface area contributed by atoms with Crippen LogP contribution in [-0.2, 0) is 16.0 Å². The lowest BCUT2D eigenvalue weighted by Gasteiger charge is -2.34. The van der Waals surface area contributed by atoms with Gasteiger partial charge >= 0.3 is 0 Å². The second-order valence-corrected chi connectivity index (χ2v) is 6.99. The highest BCUT2D eigenvalue weighted by atomic mass is 16.5. The van der Waals surface area contributed by atoms with Crippen molar-refractivity contribution in [3.8, 4) is 0 Å². The Balaban J connectivity index is 1.43. The Labute approximate surface area is 163 Å². The number of piperidine rings is 1. The smallest absolute Gasteiger partial charge is 0.205 e. The lowest BCUT2D eigenvalue weighted by atomic mass is 10.1. The molecule has 0 saturated carbocycles. The molecule has 4 rings (SSSR count). The third kappa shape index (κ3) is 4.37. The van der Waals surface area contributed by atoms with Crippen molar-refractivity contribution in [2.24, 2.45) is 0 Å². The van der Waals surface area contributed by atoms with Crippen LogP contribution in [0.3, 0.4) is 0 Å². The topological polar surface area (TPSA) is 115 Å². The predicted molar refractivity (Wildman–Crippen MR) is 100 cm³/mol. The lowest BCUT2D eigenvalue weighted by Crippen LogP contribution is -2.40. The summed E-state index contributed by atoms with van der Waals surface area (Å²) in [6, 6.07) is 2.00. The number of aliphatic hydroxyl groups excluding tert-OH is 1. The minimum atomic E-state index is -0.256. The third-order valence-corrected chi connectivity index (χ3v) is 5.07. The standard InChI is InChI=1S/C17H26N8O3/c1-27-8-7-25-21-17(20-22-25)14-11-24(6-9-28-14)16-10-15(18-12-19-16)23-4-2-13(26)3-5-23/h10,12-14,26H,2-9,11H2,1H3. The lowest BCUT2D eigenvalue weighted by molar-refractivity contribution is 0.0334. The molecule has 0 bridgehead atoms. The number of aliphatic hydroxyl groups is 1. The quantitative estimate of drug-likeness (QED) is 0.702. The van der Waals surface area contributed by atoms with Crippen molar-refractivity contribution >= 4 is 11.6 Å². The summed E-state index contributed by atoms with van der Waals surface area (Å²) < 4.78 is 10.9. The van der Waals surface area contributed by atoms with E-state index >= 15 is 0 Å². The van der Waals surface area contributed by atoms with Gasteiger partial charge in [-0.25, -0.2) is 9.97 Å². The molecule has 11 nitrogen and oxygen atoms in total. The highest BCUT2D eigenvalue weighted by Crippen LogP contribution is 2.25. The van der Waals surface area contributed by atoms with Crippen LogP contribution in [0.15, 0.2) is 12.4 Å². The Hall–Kier alpha value is -2.37. The van der Waals surface area contributed by atoms with E-state index in [1.807, 2.05) is 6.07 Å². The molecule has 1 unspecified atom stereocenters. The van der Waals surface area contributed by atoms with Gasteiger partial charge in [0, 0.05) is 32.8 Å². The molecule has 2 fully saturated rings. The normalized spacial score (nSPS) is 21.3. The third-order valence-electron chi connectivity index (χ3n) is 5.07. The molecular weight excluding hydrogens is 364 g/mol. The number of morpholine rings is 1. The summed E-state index contributed by atoms with van der Waals surface area (Å²) in [7, 11) is 1.64. The SMILES string of the molecule is COCCn1nnc(C2CN(c3cc(N4CCC(O)CC4)ncn3)CCO2)n1. The van der Waals surface area contributed by atoms with Gasteiger partial charge in [0.1, 0.15) is 24.1 Å². The van der Waals surface area contributed by atoms with Crippen molar-refractivity contribution in [1.82, 2.24) is 30.2 Å². The van der Waals surface area contributed by atoms with Crippen LogP contribution in [0, 0.1) is 0 Å².